The lowest BCUT2D eigenvalue weighted by Crippen LogP contribution is -2.41. The minimum absolute atomic E-state index is 0.0520. The molecular formula is C26H23F2N5O5S2. The zero-order valence-corrected chi connectivity index (χ0v) is 22.4. The van der Waals surface area contributed by atoms with Gasteiger partial charge in [-0.15, -0.1) is 11.3 Å². The van der Waals surface area contributed by atoms with Gasteiger partial charge in [-0.2, -0.15) is 0 Å². The maximum atomic E-state index is 14.6. The van der Waals surface area contributed by atoms with E-state index in [1.165, 1.54) is 6.07 Å². The molecule has 2 aromatic heterocycles. The van der Waals surface area contributed by atoms with Crippen molar-refractivity contribution < 1.29 is 31.9 Å². The molecule has 1 saturated carbocycles. The molecule has 2 amide bonds. The highest BCUT2D eigenvalue weighted by atomic mass is 32.2. The summed E-state index contributed by atoms with van der Waals surface area (Å²) in [6.45, 7) is -0.937. The monoisotopic (exact) mass is 587 g/mol. The molecule has 1 atom stereocenters. The number of halogens is 2. The number of amides is 2. The number of thiazole rings is 1. The summed E-state index contributed by atoms with van der Waals surface area (Å²) in [6, 6.07) is 6.32. The number of fused-ring (bicyclic) bond motifs is 1. The topological polar surface area (TPSA) is 151 Å². The third-order valence-corrected chi connectivity index (χ3v) is 9.47. The van der Waals surface area contributed by atoms with Gasteiger partial charge in [0, 0.05) is 42.0 Å². The number of hydrogen-bond donors (Lipinski definition) is 3. The first-order chi connectivity index (χ1) is 19.2. The first-order valence-corrected chi connectivity index (χ1v) is 14.6. The standard InChI is InChI=1S/C26H23F2N5O5S2/c27-16-3-5-18(6-4-16)40(37,38)23(25(36)32-13-21(35)29-7-8-34)26-33-20-10-17(28)9-19(22(20)39-26)15-11-30-24(31-12-15)14-1-2-14/h3-6,9-12,14,23,34H,1-2,7-8,13H2,(H,29,35)(H,32,36). The number of benzene rings is 2. The summed E-state index contributed by atoms with van der Waals surface area (Å²) in [5.74, 6) is -1.99. The van der Waals surface area contributed by atoms with Crippen LogP contribution >= 0.6 is 11.3 Å². The van der Waals surface area contributed by atoms with Crippen molar-refractivity contribution in [2.75, 3.05) is 19.7 Å². The van der Waals surface area contributed by atoms with E-state index in [9.17, 15) is 26.8 Å². The summed E-state index contributed by atoms with van der Waals surface area (Å²) in [5.41, 5.74) is 0.990. The molecule has 0 bridgehead atoms. The van der Waals surface area contributed by atoms with Crippen molar-refractivity contribution in [3.63, 3.8) is 0 Å². The summed E-state index contributed by atoms with van der Waals surface area (Å²) in [4.78, 5) is 38.0. The van der Waals surface area contributed by atoms with Gasteiger partial charge in [0.25, 0.3) is 0 Å². The van der Waals surface area contributed by atoms with Gasteiger partial charge < -0.3 is 15.7 Å². The Kier molecular flexibility index (Phi) is 7.83. The third kappa shape index (κ3) is 5.83. The van der Waals surface area contributed by atoms with Crippen molar-refractivity contribution in [3.8, 4) is 11.1 Å². The van der Waals surface area contributed by atoms with Gasteiger partial charge >= 0.3 is 0 Å². The molecule has 208 valence electrons. The molecule has 1 fully saturated rings. The second kappa shape index (κ2) is 11.3. The van der Waals surface area contributed by atoms with Gasteiger partial charge in [0.2, 0.25) is 11.8 Å². The summed E-state index contributed by atoms with van der Waals surface area (Å²) in [5, 5.41) is 11.4. The highest BCUT2D eigenvalue weighted by molar-refractivity contribution is 7.92. The molecular weight excluding hydrogens is 564 g/mol. The number of aliphatic hydroxyl groups is 1. The Morgan fingerprint density at radius 1 is 1.05 bits per heavy atom. The van der Waals surface area contributed by atoms with Crippen LogP contribution in [0.4, 0.5) is 8.78 Å². The highest BCUT2D eigenvalue weighted by Crippen LogP contribution is 2.41. The van der Waals surface area contributed by atoms with Crippen LogP contribution in [0, 0.1) is 11.6 Å². The Labute approximate surface area is 231 Å². The Morgan fingerprint density at radius 3 is 2.40 bits per heavy atom. The van der Waals surface area contributed by atoms with Gasteiger partial charge in [0.1, 0.15) is 22.5 Å². The average Bonchev–Trinajstić information content (AvgIpc) is 3.70. The van der Waals surface area contributed by atoms with Gasteiger partial charge in [-0.1, -0.05) is 0 Å². The number of carbonyl (C=O) groups is 2. The second-order valence-electron chi connectivity index (χ2n) is 9.13. The zero-order chi connectivity index (χ0) is 28.4. The number of hydrogen-bond acceptors (Lipinski definition) is 9. The Morgan fingerprint density at radius 2 is 1.75 bits per heavy atom. The van der Waals surface area contributed by atoms with E-state index < -0.39 is 45.1 Å². The molecule has 3 N–H and O–H groups in total. The van der Waals surface area contributed by atoms with Crippen molar-refractivity contribution in [2.24, 2.45) is 0 Å². The third-order valence-electron chi connectivity index (χ3n) is 6.17. The predicted octanol–water partition coefficient (Wildman–Crippen LogP) is 2.65. The molecule has 5 rings (SSSR count). The molecule has 4 aromatic rings. The summed E-state index contributed by atoms with van der Waals surface area (Å²) < 4.78 is 55.9. The number of aromatic nitrogens is 3. The lowest BCUT2D eigenvalue weighted by Gasteiger charge is -2.16. The molecule has 0 saturated heterocycles. The van der Waals surface area contributed by atoms with Gasteiger partial charge in [-0.05, 0) is 43.2 Å². The number of aliphatic hydroxyl groups excluding tert-OH is 1. The number of nitrogens with one attached hydrogen (secondary N) is 2. The molecule has 1 unspecified atom stereocenters. The first-order valence-electron chi connectivity index (χ1n) is 12.2. The minimum atomic E-state index is -4.50. The summed E-state index contributed by atoms with van der Waals surface area (Å²) in [6.07, 6.45) is 5.16. The predicted molar refractivity (Wildman–Crippen MR) is 142 cm³/mol. The van der Waals surface area contributed by atoms with Crippen molar-refractivity contribution >= 4 is 43.2 Å². The van der Waals surface area contributed by atoms with E-state index in [1.54, 1.807) is 12.4 Å². The Hall–Kier alpha value is -3.88. The Bertz CT molecular complexity index is 1670. The molecule has 1 aliphatic rings. The lowest BCUT2D eigenvalue weighted by atomic mass is 10.1. The molecule has 40 heavy (non-hydrogen) atoms. The van der Waals surface area contributed by atoms with Gasteiger partial charge in [0.05, 0.1) is 28.3 Å². The molecule has 10 nitrogen and oxygen atoms in total. The van der Waals surface area contributed by atoms with Gasteiger partial charge in [-0.3, -0.25) is 9.59 Å². The van der Waals surface area contributed by atoms with Crippen LogP contribution in [0.2, 0.25) is 0 Å². The number of carbonyl (C=O) groups excluding carboxylic acids is 2. The molecule has 0 aliphatic heterocycles. The van der Waals surface area contributed by atoms with E-state index in [0.717, 1.165) is 54.5 Å². The van der Waals surface area contributed by atoms with Crippen LogP contribution in [0.3, 0.4) is 0 Å². The zero-order valence-electron chi connectivity index (χ0n) is 20.8. The summed E-state index contributed by atoms with van der Waals surface area (Å²) >= 11 is 0.879. The van der Waals surface area contributed by atoms with Crippen LogP contribution in [0.25, 0.3) is 21.3 Å². The molecule has 2 aromatic carbocycles. The SMILES string of the molecule is O=C(CNC(=O)C(c1nc2cc(F)cc(-c3cnc(C4CC4)nc3)c2s1)S(=O)(=O)c1ccc(F)cc1)NCCO. The smallest absolute Gasteiger partial charge is 0.246 e. The van der Waals surface area contributed by atoms with Crippen LogP contribution in [0.5, 0.6) is 0 Å². The maximum Gasteiger partial charge on any atom is 0.246 e. The van der Waals surface area contributed by atoms with Crippen LogP contribution < -0.4 is 10.6 Å². The van der Waals surface area contributed by atoms with E-state index in [1.807, 2.05) is 0 Å². The second-order valence-corrected chi connectivity index (χ2v) is 12.2. The van der Waals surface area contributed by atoms with Crippen LogP contribution in [0.15, 0.2) is 53.7 Å². The highest BCUT2D eigenvalue weighted by Gasteiger charge is 2.39. The fourth-order valence-corrected chi connectivity index (χ4v) is 7.09. The quantitative estimate of drug-likeness (QED) is 0.240. The van der Waals surface area contributed by atoms with Gasteiger partial charge in [-0.25, -0.2) is 32.2 Å². The van der Waals surface area contributed by atoms with Crippen LogP contribution in [0.1, 0.15) is 34.8 Å². The minimum Gasteiger partial charge on any atom is -0.395 e. The Balaban J connectivity index is 1.56. The van der Waals surface area contributed by atoms with Crippen molar-refractivity contribution in [1.29, 1.82) is 0 Å². The fraction of sp³-hybridized carbons (Fsp3) is 0.269. The number of sulfone groups is 1. The largest absolute Gasteiger partial charge is 0.395 e. The van der Waals surface area contributed by atoms with E-state index in [2.05, 4.69) is 25.6 Å². The molecule has 1 aliphatic carbocycles. The van der Waals surface area contributed by atoms with Crippen LogP contribution in [-0.4, -0.2) is 60.0 Å². The van der Waals surface area contributed by atoms with Crippen molar-refractivity contribution in [2.45, 2.75) is 28.9 Å². The van der Waals surface area contributed by atoms with Crippen molar-refractivity contribution in [3.05, 3.63) is 71.3 Å². The summed E-state index contributed by atoms with van der Waals surface area (Å²) in [7, 11) is -4.50. The number of nitrogens with zero attached hydrogens (tertiary/aromatic N) is 3. The van der Waals surface area contributed by atoms with E-state index in [-0.39, 0.29) is 28.6 Å². The van der Waals surface area contributed by atoms with Gasteiger partial charge in [0.15, 0.2) is 15.1 Å². The molecule has 14 heteroatoms. The number of rotatable bonds is 10. The first kappa shape index (κ1) is 27.7. The maximum absolute atomic E-state index is 14.6. The van der Waals surface area contributed by atoms with Crippen LogP contribution in [-0.2, 0) is 19.4 Å². The molecule has 0 radical (unpaired) electrons. The van der Waals surface area contributed by atoms with E-state index in [0.29, 0.717) is 27.6 Å². The molecule has 2 heterocycles. The molecule has 0 spiro atoms. The lowest BCUT2D eigenvalue weighted by molar-refractivity contribution is -0.126. The van der Waals surface area contributed by atoms with Crippen molar-refractivity contribution in [1.82, 2.24) is 25.6 Å². The average molecular weight is 588 g/mol. The van der Waals surface area contributed by atoms with E-state index >= 15 is 0 Å². The van der Waals surface area contributed by atoms with E-state index in [4.69, 9.17) is 5.11 Å². The fourth-order valence-electron chi connectivity index (χ4n) is 4.04. The normalized spacial score (nSPS) is 14.2.